The molecule has 0 saturated carbocycles. The summed E-state index contributed by atoms with van der Waals surface area (Å²) in [5.74, 6) is -0.396. The van der Waals surface area contributed by atoms with E-state index in [1.165, 1.54) is 23.9 Å². The number of fused-ring (bicyclic) bond motifs is 1. The first-order valence-corrected chi connectivity index (χ1v) is 11.6. The number of aryl methyl sites for hydroxylation is 2. The Morgan fingerprint density at radius 3 is 2.29 bits per heavy atom. The van der Waals surface area contributed by atoms with Crippen molar-refractivity contribution in [3.8, 4) is 0 Å². The third-order valence-electron chi connectivity index (χ3n) is 5.36. The fraction of sp³-hybridized carbons (Fsp3) is 0.192. The van der Waals surface area contributed by atoms with Crippen LogP contribution in [-0.4, -0.2) is 22.4 Å². The fourth-order valence-electron chi connectivity index (χ4n) is 3.47. The molecule has 174 valence electrons. The average molecular weight is 482 g/mol. The maximum absolute atomic E-state index is 12.9. The normalized spacial score (nSPS) is 13.4. The Bertz CT molecular complexity index is 1280. The Morgan fingerprint density at radius 1 is 0.941 bits per heavy atom. The first-order chi connectivity index (χ1) is 16.2. The van der Waals surface area contributed by atoms with E-state index in [0.29, 0.717) is 11.5 Å². The van der Waals surface area contributed by atoms with E-state index in [1.54, 1.807) is 0 Å². The number of carbonyl (C=O) groups is 1. The standard InChI is InChI=1S/C26H22F3N3OS/c1-16-11-22-23(12-17(16)2)32-25(14-21(31-22)18-7-4-3-5-8-18)34-15-24(33)30-20-10-6-9-19(13-20)26(27,28)29/h3-13H,14-15H2,1-2H3,(H,30,33). The van der Waals surface area contributed by atoms with Gasteiger partial charge in [0, 0.05) is 12.1 Å². The number of hydrogen-bond acceptors (Lipinski definition) is 4. The highest BCUT2D eigenvalue weighted by Crippen LogP contribution is 2.36. The molecule has 0 fully saturated rings. The summed E-state index contributed by atoms with van der Waals surface area (Å²) in [6.45, 7) is 4.03. The molecule has 0 bridgehead atoms. The van der Waals surface area contributed by atoms with Crippen LogP contribution in [0.4, 0.5) is 30.2 Å². The molecule has 0 unspecified atom stereocenters. The average Bonchev–Trinajstić information content (AvgIpc) is 2.97. The molecule has 0 spiro atoms. The van der Waals surface area contributed by atoms with Gasteiger partial charge in [-0.1, -0.05) is 36.4 Å². The molecule has 0 radical (unpaired) electrons. The molecule has 1 heterocycles. The summed E-state index contributed by atoms with van der Waals surface area (Å²) in [6, 6.07) is 18.4. The van der Waals surface area contributed by atoms with Crippen LogP contribution in [0.2, 0.25) is 0 Å². The highest BCUT2D eigenvalue weighted by Gasteiger charge is 2.30. The number of amides is 1. The van der Waals surface area contributed by atoms with Crippen molar-refractivity contribution in [2.75, 3.05) is 11.1 Å². The molecule has 34 heavy (non-hydrogen) atoms. The van der Waals surface area contributed by atoms with Crippen LogP contribution in [0.25, 0.3) is 0 Å². The van der Waals surface area contributed by atoms with Gasteiger partial charge in [0.2, 0.25) is 5.91 Å². The molecule has 0 aromatic heterocycles. The fourth-order valence-corrected chi connectivity index (χ4v) is 4.24. The number of rotatable bonds is 4. The van der Waals surface area contributed by atoms with Crippen LogP contribution in [0, 0.1) is 13.8 Å². The second kappa shape index (κ2) is 9.85. The van der Waals surface area contributed by atoms with Gasteiger partial charge in [0.05, 0.1) is 33.4 Å². The zero-order valence-corrected chi connectivity index (χ0v) is 19.4. The maximum Gasteiger partial charge on any atom is 0.416 e. The lowest BCUT2D eigenvalue weighted by Gasteiger charge is -2.10. The van der Waals surface area contributed by atoms with E-state index in [-0.39, 0.29) is 11.4 Å². The molecule has 1 N–H and O–H groups in total. The van der Waals surface area contributed by atoms with E-state index >= 15 is 0 Å². The number of alkyl halides is 3. The van der Waals surface area contributed by atoms with Crippen LogP contribution in [0.1, 0.15) is 28.7 Å². The van der Waals surface area contributed by atoms with Crippen molar-refractivity contribution in [1.29, 1.82) is 0 Å². The van der Waals surface area contributed by atoms with Crippen LogP contribution < -0.4 is 5.32 Å². The van der Waals surface area contributed by atoms with Crippen molar-refractivity contribution in [1.82, 2.24) is 0 Å². The van der Waals surface area contributed by atoms with Gasteiger partial charge in [-0.2, -0.15) is 13.2 Å². The molecule has 4 rings (SSSR count). The van der Waals surface area contributed by atoms with Crippen LogP contribution in [0.5, 0.6) is 0 Å². The van der Waals surface area contributed by atoms with E-state index < -0.39 is 17.6 Å². The zero-order valence-electron chi connectivity index (χ0n) is 18.6. The number of anilines is 1. The number of nitrogens with one attached hydrogen (secondary N) is 1. The van der Waals surface area contributed by atoms with Gasteiger partial charge < -0.3 is 5.32 Å². The summed E-state index contributed by atoms with van der Waals surface area (Å²) in [4.78, 5) is 22.1. The third-order valence-corrected chi connectivity index (χ3v) is 6.34. The second-order valence-corrected chi connectivity index (χ2v) is 9.00. The number of hydrogen-bond donors (Lipinski definition) is 1. The molecule has 0 saturated heterocycles. The molecule has 0 atom stereocenters. The van der Waals surface area contributed by atoms with Crippen molar-refractivity contribution in [2.45, 2.75) is 26.4 Å². The lowest BCUT2D eigenvalue weighted by atomic mass is 10.1. The minimum atomic E-state index is -4.47. The van der Waals surface area contributed by atoms with Gasteiger partial charge in [-0.15, -0.1) is 11.8 Å². The van der Waals surface area contributed by atoms with E-state index in [9.17, 15) is 18.0 Å². The topological polar surface area (TPSA) is 53.8 Å². The molecule has 3 aromatic carbocycles. The van der Waals surface area contributed by atoms with Gasteiger partial charge in [-0.05, 0) is 60.9 Å². The number of aliphatic imine (C=N–C) groups is 2. The van der Waals surface area contributed by atoms with Crippen LogP contribution in [-0.2, 0) is 11.0 Å². The van der Waals surface area contributed by atoms with Crippen LogP contribution >= 0.6 is 11.8 Å². The molecular weight excluding hydrogens is 459 g/mol. The number of benzene rings is 3. The zero-order chi connectivity index (χ0) is 24.3. The lowest BCUT2D eigenvalue weighted by Crippen LogP contribution is -2.17. The monoisotopic (exact) mass is 481 g/mol. The summed E-state index contributed by atoms with van der Waals surface area (Å²) in [5, 5.41) is 3.26. The van der Waals surface area contributed by atoms with Gasteiger partial charge >= 0.3 is 6.18 Å². The van der Waals surface area contributed by atoms with Crippen molar-refractivity contribution in [3.05, 3.63) is 89.0 Å². The smallest absolute Gasteiger partial charge is 0.325 e. The predicted octanol–water partition coefficient (Wildman–Crippen LogP) is 7.25. The van der Waals surface area contributed by atoms with Gasteiger partial charge in [0.1, 0.15) is 0 Å². The van der Waals surface area contributed by atoms with Crippen molar-refractivity contribution >= 4 is 45.5 Å². The summed E-state index contributed by atoms with van der Waals surface area (Å²) in [5.41, 5.74) is 4.81. The Labute approximate surface area is 200 Å². The van der Waals surface area contributed by atoms with Gasteiger partial charge in [0.15, 0.2) is 0 Å². The maximum atomic E-state index is 12.9. The minimum absolute atomic E-state index is 0.0112. The predicted molar refractivity (Wildman–Crippen MR) is 133 cm³/mol. The summed E-state index contributed by atoms with van der Waals surface area (Å²) in [7, 11) is 0. The molecule has 1 aliphatic heterocycles. The van der Waals surface area contributed by atoms with Crippen LogP contribution in [0.15, 0.2) is 76.7 Å². The van der Waals surface area contributed by atoms with Crippen LogP contribution in [0.3, 0.4) is 0 Å². The first-order valence-electron chi connectivity index (χ1n) is 10.6. The number of halogens is 3. The number of nitrogens with zero attached hydrogens (tertiary/aromatic N) is 2. The molecule has 8 heteroatoms. The Hall–Kier alpha value is -3.39. The second-order valence-electron chi connectivity index (χ2n) is 7.95. The largest absolute Gasteiger partial charge is 0.416 e. The number of thioether (sulfide) groups is 1. The Morgan fingerprint density at radius 2 is 1.62 bits per heavy atom. The van der Waals surface area contributed by atoms with Gasteiger partial charge in [-0.25, -0.2) is 4.99 Å². The molecule has 4 nitrogen and oxygen atoms in total. The van der Waals surface area contributed by atoms with Gasteiger partial charge in [0.25, 0.3) is 0 Å². The Balaban J connectivity index is 1.54. The molecule has 1 aliphatic rings. The van der Waals surface area contributed by atoms with Crippen molar-refractivity contribution in [3.63, 3.8) is 0 Å². The SMILES string of the molecule is Cc1cc2c(cc1C)N=C(c1ccccc1)CC(SCC(=O)Nc1cccc(C(F)(F)F)c1)=N2. The van der Waals surface area contributed by atoms with Gasteiger partial charge in [-0.3, -0.25) is 9.79 Å². The molecule has 0 aliphatic carbocycles. The Kier molecular flexibility index (Phi) is 6.88. The highest BCUT2D eigenvalue weighted by molar-refractivity contribution is 8.14. The molecule has 1 amide bonds. The summed E-state index contributed by atoms with van der Waals surface area (Å²) < 4.78 is 38.8. The molecular formula is C26H22F3N3OS. The molecule has 3 aromatic rings. The van der Waals surface area contributed by atoms with Crippen molar-refractivity contribution < 1.29 is 18.0 Å². The summed E-state index contributed by atoms with van der Waals surface area (Å²) >= 11 is 1.25. The highest BCUT2D eigenvalue weighted by atomic mass is 32.2. The van der Waals surface area contributed by atoms with E-state index in [4.69, 9.17) is 9.98 Å². The van der Waals surface area contributed by atoms with E-state index in [1.807, 2.05) is 56.3 Å². The lowest BCUT2D eigenvalue weighted by molar-refractivity contribution is -0.137. The first kappa shape index (κ1) is 23.8. The number of carbonyl (C=O) groups excluding carboxylic acids is 1. The van der Waals surface area contributed by atoms with Crippen molar-refractivity contribution in [2.24, 2.45) is 9.98 Å². The quantitative estimate of drug-likeness (QED) is 0.427. The minimum Gasteiger partial charge on any atom is -0.325 e. The summed E-state index contributed by atoms with van der Waals surface area (Å²) in [6.07, 6.45) is -4.03. The third kappa shape index (κ3) is 5.75. The van der Waals surface area contributed by atoms with E-state index in [2.05, 4.69) is 5.32 Å². The van der Waals surface area contributed by atoms with E-state index in [0.717, 1.165) is 45.9 Å².